The Morgan fingerprint density at radius 2 is 2.23 bits per heavy atom. The zero-order valence-corrected chi connectivity index (χ0v) is 7.38. The topological polar surface area (TPSA) is 29.7 Å². The first-order valence-corrected chi connectivity index (χ1v) is 4.08. The van der Waals surface area contributed by atoms with Crippen molar-refractivity contribution in [1.29, 1.82) is 0 Å². The van der Waals surface area contributed by atoms with Gasteiger partial charge in [0, 0.05) is 18.5 Å². The summed E-state index contributed by atoms with van der Waals surface area (Å²) in [7, 11) is 1.99. The molecule has 0 unspecified atom stereocenters. The molecular formula is C10H10N3+. The molecule has 0 fully saturated rings. The molecule has 3 heteroatoms. The van der Waals surface area contributed by atoms with Crippen LogP contribution in [-0.2, 0) is 7.05 Å². The second kappa shape index (κ2) is 3.31. The second-order valence-electron chi connectivity index (χ2n) is 2.85. The van der Waals surface area contributed by atoms with Gasteiger partial charge in [-0.3, -0.25) is 9.97 Å². The Labute approximate surface area is 76.7 Å². The number of rotatable bonds is 1. The van der Waals surface area contributed by atoms with E-state index in [9.17, 15) is 0 Å². The summed E-state index contributed by atoms with van der Waals surface area (Å²) in [5.41, 5.74) is 1.98. The number of hydrogen-bond acceptors (Lipinski definition) is 2. The van der Waals surface area contributed by atoms with E-state index in [2.05, 4.69) is 9.97 Å². The van der Waals surface area contributed by atoms with Crippen molar-refractivity contribution in [3.05, 3.63) is 43.1 Å². The lowest BCUT2D eigenvalue weighted by Crippen LogP contribution is -2.26. The molecular weight excluding hydrogens is 162 g/mol. The average Bonchev–Trinajstić information content (AvgIpc) is 2.19. The normalized spacial score (nSPS) is 9.92. The van der Waals surface area contributed by atoms with Gasteiger partial charge in [-0.05, 0) is 6.07 Å². The van der Waals surface area contributed by atoms with Crippen LogP contribution in [0.15, 0.2) is 43.1 Å². The second-order valence-corrected chi connectivity index (χ2v) is 2.85. The third kappa shape index (κ3) is 1.69. The molecule has 13 heavy (non-hydrogen) atoms. The van der Waals surface area contributed by atoms with Crippen LogP contribution in [-0.4, -0.2) is 9.97 Å². The third-order valence-electron chi connectivity index (χ3n) is 1.80. The summed E-state index contributed by atoms with van der Waals surface area (Å²) in [4.78, 5) is 8.23. The number of aromatic nitrogens is 3. The summed E-state index contributed by atoms with van der Waals surface area (Å²) in [6, 6.07) is 4.01. The standard InChI is InChI=1S/C10H10N3/c1-13-6-2-3-9(8-13)10-7-11-4-5-12-10/h2-8H,1H3/q+1. The maximum absolute atomic E-state index is 4.21. The Kier molecular flexibility index (Phi) is 2.00. The summed E-state index contributed by atoms with van der Waals surface area (Å²) in [6.07, 6.45) is 9.13. The molecule has 0 saturated heterocycles. The van der Waals surface area contributed by atoms with E-state index in [-0.39, 0.29) is 0 Å². The molecule has 3 nitrogen and oxygen atoms in total. The van der Waals surface area contributed by atoms with Crippen molar-refractivity contribution in [2.24, 2.45) is 7.05 Å². The summed E-state index contributed by atoms with van der Waals surface area (Å²) in [5.74, 6) is 0. The molecule has 2 rings (SSSR count). The van der Waals surface area contributed by atoms with Crippen molar-refractivity contribution >= 4 is 0 Å². The van der Waals surface area contributed by atoms with Crippen LogP contribution in [0.4, 0.5) is 0 Å². The molecule has 2 aromatic heterocycles. The van der Waals surface area contributed by atoms with E-state index >= 15 is 0 Å². The summed E-state index contributed by atoms with van der Waals surface area (Å²) >= 11 is 0. The number of nitrogens with zero attached hydrogens (tertiary/aromatic N) is 3. The summed E-state index contributed by atoms with van der Waals surface area (Å²) in [5, 5.41) is 0. The van der Waals surface area contributed by atoms with Crippen LogP contribution in [0.3, 0.4) is 0 Å². The van der Waals surface area contributed by atoms with E-state index in [0.717, 1.165) is 11.3 Å². The van der Waals surface area contributed by atoms with Crippen LogP contribution in [0.25, 0.3) is 11.3 Å². The summed E-state index contributed by atoms with van der Waals surface area (Å²) < 4.78 is 1.99. The van der Waals surface area contributed by atoms with Crippen molar-refractivity contribution in [3.63, 3.8) is 0 Å². The quantitative estimate of drug-likeness (QED) is 0.600. The van der Waals surface area contributed by atoms with E-state index in [1.807, 2.05) is 36.1 Å². The molecule has 0 bridgehead atoms. The van der Waals surface area contributed by atoms with E-state index in [4.69, 9.17) is 0 Å². The molecule has 2 heterocycles. The predicted octanol–water partition coefficient (Wildman–Crippen LogP) is 0.968. The van der Waals surface area contributed by atoms with Gasteiger partial charge >= 0.3 is 0 Å². The van der Waals surface area contributed by atoms with Crippen LogP contribution in [0.1, 0.15) is 0 Å². The molecule has 2 aromatic rings. The minimum atomic E-state index is 0.902. The Morgan fingerprint density at radius 3 is 2.92 bits per heavy atom. The SMILES string of the molecule is C[n+]1cccc(-c2cnccn2)c1. The van der Waals surface area contributed by atoms with E-state index in [1.165, 1.54) is 0 Å². The third-order valence-corrected chi connectivity index (χ3v) is 1.80. The Balaban J connectivity index is 2.48. The van der Waals surface area contributed by atoms with Crippen molar-refractivity contribution in [1.82, 2.24) is 9.97 Å². The highest BCUT2D eigenvalue weighted by atomic mass is 14.9. The van der Waals surface area contributed by atoms with Gasteiger partial charge in [0.1, 0.15) is 7.05 Å². The van der Waals surface area contributed by atoms with Gasteiger partial charge in [-0.2, -0.15) is 0 Å². The lowest BCUT2D eigenvalue weighted by atomic mass is 10.2. The smallest absolute Gasteiger partial charge is 0.178 e. The lowest BCUT2D eigenvalue weighted by Gasteiger charge is -1.95. The van der Waals surface area contributed by atoms with Gasteiger partial charge in [-0.1, -0.05) is 0 Å². The highest BCUT2D eigenvalue weighted by molar-refractivity contribution is 5.54. The number of pyridine rings is 1. The molecule has 0 atom stereocenters. The minimum Gasteiger partial charge on any atom is -0.261 e. The lowest BCUT2D eigenvalue weighted by molar-refractivity contribution is -0.671. The molecule has 0 spiro atoms. The fourth-order valence-corrected chi connectivity index (χ4v) is 1.19. The summed E-state index contributed by atoms with van der Waals surface area (Å²) in [6.45, 7) is 0. The maximum atomic E-state index is 4.21. The first-order chi connectivity index (χ1) is 6.36. The molecule has 0 N–H and O–H groups in total. The van der Waals surface area contributed by atoms with Crippen molar-refractivity contribution in [2.75, 3.05) is 0 Å². The van der Waals surface area contributed by atoms with Crippen LogP contribution in [0.2, 0.25) is 0 Å². The Bertz CT molecular complexity index is 398. The van der Waals surface area contributed by atoms with Crippen LogP contribution < -0.4 is 4.57 Å². The zero-order valence-electron chi connectivity index (χ0n) is 7.38. The van der Waals surface area contributed by atoms with Crippen LogP contribution in [0, 0.1) is 0 Å². The van der Waals surface area contributed by atoms with Gasteiger partial charge in [0.2, 0.25) is 0 Å². The number of hydrogen-bond donors (Lipinski definition) is 0. The van der Waals surface area contributed by atoms with E-state index < -0.39 is 0 Å². The Hall–Kier alpha value is -1.77. The largest absolute Gasteiger partial charge is 0.261 e. The van der Waals surface area contributed by atoms with Crippen LogP contribution >= 0.6 is 0 Å². The zero-order chi connectivity index (χ0) is 9.10. The highest BCUT2D eigenvalue weighted by Crippen LogP contribution is 2.11. The van der Waals surface area contributed by atoms with Gasteiger partial charge < -0.3 is 0 Å². The van der Waals surface area contributed by atoms with Crippen LogP contribution in [0.5, 0.6) is 0 Å². The molecule has 0 radical (unpaired) electrons. The van der Waals surface area contributed by atoms with Crippen molar-refractivity contribution in [3.8, 4) is 11.3 Å². The van der Waals surface area contributed by atoms with Gasteiger partial charge in [-0.15, -0.1) is 0 Å². The number of aryl methyl sites for hydroxylation is 1. The van der Waals surface area contributed by atoms with Gasteiger partial charge in [0.25, 0.3) is 0 Å². The first kappa shape index (κ1) is 7.86. The van der Waals surface area contributed by atoms with E-state index in [1.54, 1.807) is 18.6 Å². The molecule has 0 aliphatic rings. The first-order valence-electron chi connectivity index (χ1n) is 4.08. The highest BCUT2D eigenvalue weighted by Gasteiger charge is 2.01. The monoisotopic (exact) mass is 172 g/mol. The molecule has 0 amide bonds. The maximum Gasteiger partial charge on any atom is 0.178 e. The fraction of sp³-hybridized carbons (Fsp3) is 0.100. The van der Waals surface area contributed by atoms with Crippen molar-refractivity contribution in [2.45, 2.75) is 0 Å². The fourth-order valence-electron chi connectivity index (χ4n) is 1.19. The van der Waals surface area contributed by atoms with Gasteiger partial charge in [-0.25, -0.2) is 4.57 Å². The van der Waals surface area contributed by atoms with Crippen molar-refractivity contribution < 1.29 is 4.57 Å². The molecule has 0 saturated carbocycles. The predicted molar refractivity (Wildman–Crippen MR) is 48.6 cm³/mol. The molecule has 64 valence electrons. The minimum absolute atomic E-state index is 0.902. The average molecular weight is 172 g/mol. The van der Waals surface area contributed by atoms with Gasteiger partial charge in [0.15, 0.2) is 12.4 Å². The molecule has 0 aliphatic heterocycles. The molecule has 0 aromatic carbocycles. The van der Waals surface area contributed by atoms with E-state index in [0.29, 0.717) is 0 Å². The molecule has 0 aliphatic carbocycles. The van der Waals surface area contributed by atoms with Gasteiger partial charge in [0.05, 0.1) is 17.5 Å². The Morgan fingerprint density at radius 1 is 1.31 bits per heavy atom.